The Bertz CT molecular complexity index is 612. The summed E-state index contributed by atoms with van der Waals surface area (Å²) in [4.78, 5) is 22.7. The first-order valence-corrected chi connectivity index (χ1v) is 12.1. The lowest BCUT2D eigenvalue weighted by atomic mass is 10.1. The van der Waals surface area contributed by atoms with E-state index in [1.54, 1.807) is 12.2 Å². The monoisotopic (exact) mass is 447 g/mol. The van der Waals surface area contributed by atoms with Crippen molar-refractivity contribution >= 4 is 11.9 Å². The normalized spacial score (nSPS) is 13.6. The van der Waals surface area contributed by atoms with Crippen LogP contribution in [-0.4, -0.2) is 50.2 Å². The third-order valence-corrected chi connectivity index (χ3v) is 4.83. The van der Waals surface area contributed by atoms with Gasteiger partial charge in [0.1, 0.15) is 6.54 Å². The van der Waals surface area contributed by atoms with Crippen molar-refractivity contribution in [2.24, 2.45) is 0 Å². The maximum absolute atomic E-state index is 11.9. The van der Waals surface area contributed by atoms with Crippen LogP contribution in [-0.2, 0) is 14.3 Å². The van der Waals surface area contributed by atoms with Crippen LogP contribution in [0.2, 0.25) is 0 Å². The predicted molar refractivity (Wildman–Crippen MR) is 131 cm³/mol. The Morgan fingerprint density at radius 2 is 1.34 bits per heavy atom. The first-order chi connectivity index (χ1) is 15.2. The molecule has 0 saturated carbocycles. The molecule has 182 valence electrons. The predicted octanol–water partition coefficient (Wildman–Crippen LogP) is 4.89. The van der Waals surface area contributed by atoms with Gasteiger partial charge in [-0.3, -0.25) is 0 Å². The number of esters is 1. The first-order valence-electron chi connectivity index (χ1n) is 12.1. The van der Waals surface area contributed by atoms with E-state index >= 15 is 0 Å². The number of ether oxygens (including phenoxy) is 1. The SMILES string of the molecule is CCCCCCCCCCCC=CC=CC=CC=CC(=O)OC(CC(=O)[O-])C[N+](C)(C)C. The van der Waals surface area contributed by atoms with Gasteiger partial charge < -0.3 is 19.1 Å². The van der Waals surface area contributed by atoms with Crippen LogP contribution in [0.15, 0.2) is 48.6 Å². The third kappa shape index (κ3) is 22.5. The van der Waals surface area contributed by atoms with Gasteiger partial charge in [0.25, 0.3) is 0 Å². The molecule has 0 fully saturated rings. The number of allylic oxidation sites excluding steroid dienone is 7. The summed E-state index contributed by atoms with van der Waals surface area (Å²) >= 11 is 0. The molecular weight excluding hydrogens is 402 g/mol. The van der Waals surface area contributed by atoms with Crippen molar-refractivity contribution in [2.75, 3.05) is 27.7 Å². The molecule has 0 aromatic heterocycles. The quantitative estimate of drug-likeness (QED) is 0.0929. The Morgan fingerprint density at radius 3 is 1.91 bits per heavy atom. The van der Waals surface area contributed by atoms with E-state index in [9.17, 15) is 14.7 Å². The van der Waals surface area contributed by atoms with Gasteiger partial charge in [-0.1, -0.05) is 101 Å². The summed E-state index contributed by atoms with van der Waals surface area (Å²) in [5, 5.41) is 10.9. The van der Waals surface area contributed by atoms with Crippen LogP contribution in [0.25, 0.3) is 0 Å². The average Bonchev–Trinajstić information content (AvgIpc) is 2.68. The second kappa shape index (κ2) is 19.5. The van der Waals surface area contributed by atoms with Crippen LogP contribution in [0.3, 0.4) is 0 Å². The summed E-state index contributed by atoms with van der Waals surface area (Å²) in [6.45, 7) is 2.65. The summed E-state index contributed by atoms with van der Waals surface area (Å²) in [6.07, 6.45) is 26.7. The molecule has 0 saturated heterocycles. The van der Waals surface area contributed by atoms with Crippen LogP contribution < -0.4 is 5.11 Å². The molecular formula is C27H45NO4. The fourth-order valence-electron chi connectivity index (χ4n) is 3.28. The number of carbonyl (C=O) groups excluding carboxylic acids is 2. The molecule has 0 radical (unpaired) electrons. The fourth-order valence-corrected chi connectivity index (χ4v) is 3.28. The van der Waals surface area contributed by atoms with Crippen molar-refractivity contribution < 1.29 is 23.9 Å². The largest absolute Gasteiger partial charge is 0.550 e. The van der Waals surface area contributed by atoms with Crippen molar-refractivity contribution in [3.05, 3.63) is 48.6 Å². The van der Waals surface area contributed by atoms with Crippen molar-refractivity contribution in [1.82, 2.24) is 0 Å². The van der Waals surface area contributed by atoms with Gasteiger partial charge in [0.2, 0.25) is 0 Å². The highest BCUT2D eigenvalue weighted by Gasteiger charge is 2.21. The van der Waals surface area contributed by atoms with Crippen LogP contribution in [0, 0.1) is 0 Å². The molecule has 0 aliphatic carbocycles. The number of carbonyl (C=O) groups is 2. The molecule has 5 heteroatoms. The van der Waals surface area contributed by atoms with Crippen molar-refractivity contribution in [2.45, 2.75) is 83.7 Å². The van der Waals surface area contributed by atoms with Gasteiger partial charge in [0.05, 0.1) is 21.1 Å². The number of quaternary nitrogens is 1. The lowest BCUT2D eigenvalue weighted by Gasteiger charge is -2.28. The Morgan fingerprint density at radius 1 is 0.812 bits per heavy atom. The van der Waals surface area contributed by atoms with Crippen molar-refractivity contribution in [1.29, 1.82) is 0 Å². The van der Waals surface area contributed by atoms with Gasteiger partial charge in [-0.25, -0.2) is 4.79 Å². The lowest BCUT2D eigenvalue weighted by Crippen LogP contribution is -2.45. The molecule has 1 unspecified atom stereocenters. The van der Waals surface area contributed by atoms with Gasteiger partial charge in [-0.2, -0.15) is 0 Å². The van der Waals surface area contributed by atoms with E-state index in [1.165, 1.54) is 63.9 Å². The third-order valence-electron chi connectivity index (χ3n) is 4.83. The second-order valence-corrected chi connectivity index (χ2v) is 9.28. The van der Waals surface area contributed by atoms with Crippen molar-refractivity contribution in [3.63, 3.8) is 0 Å². The highest BCUT2D eigenvalue weighted by atomic mass is 16.5. The molecule has 0 aromatic rings. The maximum atomic E-state index is 11.9. The molecule has 0 heterocycles. The molecule has 0 bridgehead atoms. The Kier molecular flexibility index (Phi) is 18.2. The molecule has 0 aliphatic rings. The number of rotatable bonds is 19. The average molecular weight is 448 g/mol. The van der Waals surface area contributed by atoms with Gasteiger partial charge in [0, 0.05) is 18.5 Å². The second-order valence-electron chi connectivity index (χ2n) is 9.28. The number of likely N-dealkylation sites (N-methyl/N-ethyl adjacent to an activating group) is 1. The number of aliphatic carboxylic acids is 1. The minimum absolute atomic E-state index is 0.306. The van der Waals surface area contributed by atoms with Crippen LogP contribution >= 0.6 is 0 Å². The lowest BCUT2D eigenvalue weighted by molar-refractivity contribution is -0.873. The zero-order valence-electron chi connectivity index (χ0n) is 20.8. The topological polar surface area (TPSA) is 66.4 Å². The van der Waals surface area contributed by atoms with E-state index in [1.807, 2.05) is 45.4 Å². The van der Waals surface area contributed by atoms with Gasteiger partial charge in [-0.15, -0.1) is 0 Å². The molecule has 0 rings (SSSR count). The number of carboxylic acid groups (broad SMARTS) is 1. The smallest absolute Gasteiger partial charge is 0.331 e. The number of carboxylic acids is 1. The Hall–Kier alpha value is -2.14. The maximum Gasteiger partial charge on any atom is 0.331 e. The van der Waals surface area contributed by atoms with E-state index in [4.69, 9.17) is 4.74 Å². The van der Waals surface area contributed by atoms with Gasteiger partial charge >= 0.3 is 5.97 Å². The van der Waals surface area contributed by atoms with Gasteiger partial charge in [-0.05, 0) is 12.8 Å². The van der Waals surface area contributed by atoms with E-state index in [0.29, 0.717) is 11.0 Å². The summed E-state index contributed by atoms with van der Waals surface area (Å²) in [5.41, 5.74) is 0. The summed E-state index contributed by atoms with van der Waals surface area (Å²) in [7, 11) is 5.73. The van der Waals surface area contributed by atoms with Crippen LogP contribution in [0.5, 0.6) is 0 Å². The van der Waals surface area contributed by atoms with E-state index < -0.39 is 18.0 Å². The number of hydrogen-bond donors (Lipinski definition) is 0. The Balaban J connectivity index is 3.96. The standard InChI is InChI=1S/C27H45NO4/c1-5-6-7-8-9-10-11-12-13-14-15-16-17-18-19-20-21-22-27(31)32-25(23-26(29)30)24-28(2,3)4/h15-22,25H,5-14,23-24H2,1-4H3. The minimum atomic E-state index is -1.23. The van der Waals surface area contributed by atoms with Crippen LogP contribution in [0.4, 0.5) is 0 Å². The fraction of sp³-hybridized carbons (Fsp3) is 0.630. The number of hydrogen-bond acceptors (Lipinski definition) is 4. The van der Waals surface area contributed by atoms with E-state index in [0.717, 1.165) is 6.42 Å². The summed E-state index contributed by atoms with van der Waals surface area (Å²) in [6, 6.07) is 0. The molecule has 1 atom stereocenters. The number of nitrogens with zero attached hydrogens (tertiary/aromatic N) is 1. The van der Waals surface area contributed by atoms with E-state index in [-0.39, 0.29) is 6.42 Å². The molecule has 0 spiro atoms. The molecule has 0 N–H and O–H groups in total. The molecule has 0 aliphatic heterocycles. The molecule has 32 heavy (non-hydrogen) atoms. The highest BCUT2D eigenvalue weighted by molar-refractivity contribution is 5.82. The van der Waals surface area contributed by atoms with Crippen LogP contribution in [0.1, 0.15) is 77.6 Å². The number of unbranched alkanes of at least 4 members (excludes halogenated alkanes) is 9. The zero-order chi connectivity index (χ0) is 24.1. The highest BCUT2D eigenvalue weighted by Crippen LogP contribution is 2.10. The summed E-state index contributed by atoms with van der Waals surface area (Å²) < 4.78 is 5.73. The molecule has 5 nitrogen and oxygen atoms in total. The molecule has 0 amide bonds. The zero-order valence-corrected chi connectivity index (χ0v) is 20.8. The summed E-state index contributed by atoms with van der Waals surface area (Å²) in [5.74, 6) is -1.78. The minimum Gasteiger partial charge on any atom is -0.550 e. The van der Waals surface area contributed by atoms with Crippen molar-refractivity contribution in [3.8, 4) is 0 Å². The first kappa shape index (κ1) is 29.9. The Labute approximate surface area is 196 Å². The van der Waals surface area contributed by atoms with E-state index in [2.05, 4.69) is 13.0 Å². The molecule has 0 aromatic carbocycles. The van der Waals surface area contributed by atoms with Gasteiger partial charge in [0.15, 0.2) is 6.10 Å².